The first kappa shape index (κ1) is 20.1. The van der Waals surface area contributed by atoms with Crippen LogP contribution in [-0.2, 0) is 11.2 Å². The minimum absolute atomic E-state index is 0.0307. The molecule has 1 aromatic carbocycles. The molecule has 1 atom stereocenters. The molecule has 3 aromatic rings. The Kier molecular flexibility index (Phi) is 6.07. The molecule has 1 saturated heterocycles. The quantitative estimate of drug-likeness (QED) is 0.628. The molecule has 0 spiro atoms. The van der Waals surface area contributed by atoms with Crippen LogP contribution in [0.2, 0.25) is 0 Å². The second-order valence-electron chi connectivity index (χ2n) is 7.54. The summed E-state index contributed by atoms with van der Waals surface area (Å²) in [6, 6.07) is 9.47. The minimum Gasteiger partial charge on any atom is -0.481 e. The Labute approximate surface area is 176 Å². The van der Waals surface area contributed by atoms with E-state index in [4.69, 9.17) is 9.72 Å². The van der Waals surface area contributed by atoms with Gasteiger partial charge in [-0.05, 0) is 31.9 Å². The first-order chi connectivity index (χ1) is 14.7. The summed E-state index contributed by atoms with van der Waals surface area (Å²) in [5.74, 6) is 2.80. The number of rotatable bonds is 6. The monoisotopic (exact) mass is 405 g/mol. The zero-order valence-electron chi connectivity index (χ0n) is 17.4. The van der Waals surface area contributed by atoms with Crippen LogP contribution in [0.1, 0.15) is 44.1 Å². The van der Waals surface area contributed by atoms with E-state index in [1.807, 2.05) is 59.1 Å². The van der Waals surface area contributed by atoms with Crippen molar-refractivity contribution in [2.24, 2.45) is 0 Å². The molecule has 7 nitrogen and oxygen atoms in total. The van der Waals surface area contributed by atoms with Gasteiger partial charge in [0.1, 0.15) is 11.6 Å². The number of piperidine rings is 1. The third-order valence-electron chi connectivity index (χ3n) is 5.55. The van der Waals surface area contributed by atoms with E-state index in [0.29, 0.717) is 24.8 Å². The van der Waals surface area contributed by atoms with Crippen molar-refractivity contribution >= 4 is 5.91 Å². The Balaban J connectivity index is 1.37. The number of hydrogen-bond donors (Lipinski definition) is 0. The number of aromatic nitrogens is 4. The SMILES string of the molecule is CCc1nccn1-c1cncc(C2CCN(C(=O)C(C)Oc3ccccc3)CC2)n1. The van der Waals surface area contributed by atoms with Crippen LogP contribution in [0.3, 0.4) is 0 Å². The average Bonchev–Trinajstić information content (AvgIpc) is 3.28. The van der Waals surface area contributed by atoms with Crippen molar-refractivity contribution in [2.75, 3.05) is 13.1 Å². The van der Waals surface area contributed by atoms with Gasteiger partial charge in [0.2, 0.25) is 0 Å². The smallest absolute Gasteiger partial charge is 0.263 e. The summed E-state index contributed by atoms with van der Waals surface area (Å²) >= 11 is 0. The topological polar surface area (TPSA) is 73.1 Å². The van der Waals surface area contributed by atoms with Crippen LogP contribution in [0.5, 0.6) is 5.75 Å². The summed E-state index contributed by atoms with van der Waals surface area (Å²) in [5, 5.41) is 0. The number of carbonyl (C=O) groups excluding carboxylic acids is 1. The predicted molar refractivity (Wildman–Crippen MR) is 114 cm³/mol. The average molecular weight is 406 g/mol. The summed E-state index contributed by atoms with van der Waals surface area (Å²) in [6.45, 7) is 5.28. The van der Waals surface area contributed by atoms with Gasteiger partial charge in [-0.1, -0.05) is 25.1 Å². The molecule has 30 heavy (non-hydrogen) atoms. The number of amides is 1. The first-order valence-electron chi connectivity index (χ1n) is 10.5. The van der Waals surface area contributed by atoms with Gasteiger partial charge >= 0.3 is 0 Å². The van der Waals surface area contributed by atoms with Gasteiger partial charge in [-0.2, -0.15) is 0 Å². The van der Waals surface area contributed by atoms with Crippen LogP contribution >= 0.6 is 0 Å². The molecule has 2 aromatic heterocycles. The molecule has 156 valence electrons. The number of hydrogen-bond acceptors (Lipinski definition) is 5. The van der Waals surface area contributed by atoms with E-state index >= 15 is 0 Å². The van der Waals surface area contributed by atoms with Gasteiger partial charge < -0.3 is 9.64 Å². The van der Waals surface area contributed by atoms with E-state index in [0.717, 1.165) is 36.6 Å². The fraction of sp³-hybridized carbons (Fsp3) is 0.391. The second-order valence-corrected chi connectivity index (χ2v) is 7.54. The number of imidazole rings is 1. The fourth-order valence-corrected chi connectivity index (χ4v) is 3.89. The standard InChI is InChI=1S/C23H27N5O2/c1-3-21-25-11-14-28(21)22-16-24-15-20(26-22)18-9-12-27(13-10-18)23(29)17(2)30-19-7-5-4-6-8-19/h4-8,11,14-18H,3,9-10,12-13H2,1-2H3. The van der Waals surface area contributed by atoms with Crippen LogP contribution < -0.4 is 4.74 Å². The van der Waals surface area contributed by atoms with Gasteiger partial charge in [0.05, 0.1) is 11.9 Å². The Morgan fingerprint density at radius 2 is 1.97 bits per heavy atom. The summed E-state index contributed by atoms with van der Waals surface area (Å²) in [5.41, 5.74) is 0.976. The normalized spacial score (nSPS) is 15.7. The van der Waals surface area contributed by atoms with Gasteiger partial charge in [0.25, 0.3) is 5.91 Å². The highest BCUT2D eigenvalue weighted by atomic mass is 16.5. The van der Waals surface area contributed by atoms with Crippen molar-refractivity contribution < 1.29 is 9.53 Å². The van der Waals surface area contributed by atoms with E-state index < -0.39 is 6.10 Å². The van der Waals surface area contributed by atoms with E-state index in [1.54, 1.807) is 12.4 Å². The molecule has 4 rings (SSSR count). The van der Waals surface area contributed by atoms with Crippen LogP contribution in [0.15, 0.2) is 55.1 Å². The second kappa shape index (κ2) is 9.07. The molecule has 1 fully saturated rings. The van der Waals surface area contributed by atoms with Gasteiger partial charge in [-0.15, -0.1) is 0 Å². The van der Waals surface area contributed by atoms with Gasteiger partial charge in [-0.3, -0.25) is 14.3 Å². The molecule has 1 unspecified atom stereocenters. The van der Waals surface area contributed by atoms with Crippen LogP contribution in [0, 0.1) is 0 Å². The lowest BCUT2D eigenvalue weighted by Crippen LogP contribution is -2.44. The number of ether oxygens (including phenoxy) is 1. The summed E-state index contributed by atoms with van der Waals surface area (Å²) < 4.78 is 7.78. The van der Waals surface area contributed by atoms with Crippen molar-refractivity contribution in [2.45, 2.75) is 45.1 Å². The van der Waals surface area contributed by atoms with E-state index in [9.17, 15) is 4.79 Å². The molecule has 0 aliphatic carbocycles. The number of likely N-dealkylation sites (tertiary alicyclic amines) is 1. The first-order valence-corrected chi connectivity index (χ1v) is 10.5. The van der Waals surface area contributed by atoms with Crippen molar-refractivity contribution in [3.05, 3.63) is 66.6 Å². The van der Waals surface area contributed by atoms with Gasteiger partial charge in [-0.25, -0.2) is 9.97 Å². The highest BCUT2D eigenvalue weighted by molar-refractivity contribution is 5.81. The van der Waals surface area contributed by atoms with Gasteiger partial charge in [0.15, 0.2) is 11.9 Å². The molecular formula is C23H27N5O2. The Morgan fingerprint density at radius 3 is 2.70 bits per heavy atom. The largest absolute Gasteiger partial charge is 0.481 e. The van der Waals surface area contributed by atoms with Crippen molar-refractivity contribution in [3.8, 4) is 11.6 Å². The predicted octanol–water partition coefficient (Wildman–Crippen LogP) is 3.40. The molecule has 0 N–H and O–H groups in total. The minimum atomic E-state index is -0.499. The van der Waals surface area contributed by atoms with E-state index in [1.165, 1.54) is 0 Å². The van der Waals surface area contributed by atoms with Crippen molar-refractivity contribution in [3.63, 3.8) is 0 Å². The Bertz CT molecular complexity index is 980. The Hall–Kier alpha value is -3.22. The summed E-state index contributed by atoms with van der Waals surface area (Å²) in [4.78, 5) is 28.3. The molecule has 1 aliphatic heterocycles. The maximum atomic E-state index is 12.8. The van der Waals surface area contributed by atoms with Crippen molar-refractivity contribution in [1.29, 1.82) is 0 Å². The number of nitrogens with zero attached hydrogens (tertiary/aromatic N) is 5. The number of carbonyl (C=O) groups is 1. The molecule has 7 heteroatoms. The number of para-hydroxylation sites is 1. The molecule has 0 saturated carbocycles. The number of benzene rings is 1. The van der Waals surface area contributed by atoms with Crippen LogP contribution in [0.4, 0.5) is 0 Å². The zero-order valence-corrected chi connectivity index (χ0v) is 17.4. The molecule has 1 aliphatic rings. The van der Waals surface area contributed by atoms with Gasteiger partial charge in [0, 0.05) is 44.0 Å². The highest BCUT2D eigenvalue weighted by Gasteiger charge is 2.28. The third kappa shape index (κ3) is 4.35. The molecular weight excluding hydrogens is 378 g/mol. The van der Waals surface area contributed by atoms with Crippen LogP contribution in [0.25, 0.3) is 5.82 Å². The van der Waals surface area contributed by atoms with Crippen molar-refractivity contribution in [1.82, 2.24) is 24.4 Å². The van der Waals surface area contributed by atoms with E-state index in [2.05, 4.69) is 16.9 Å². The number of aryl methyl sites for hydroxylation is 1. The highest BCUT2D eigenvalue weighted by Crippen LogP contribution is 2.27. The molecule has 0 radical (unpaired) electrons. The zero-order chi connectivity index (χ0) is 20.9. The fourth-order valence-electron chi connectivity index (χ4n) is 3.89. The van der Waals surface area contributed by atoms with E-state index in [-0.39, 0.29) is 5.91 Å². The van der Waals surface area contributed by atoms with Crippen LogP contribution in [-0.4, -0.2) is 49.5 Å². The lowest BCUT2D eigenvalue weighted by molar-refractivity contribution is -0.139. The molecule has 0 bridgehead atoms. The molecule has 1 amide bonds. The third-order valence-corrected chi connectivity index (χ3v) is 5.55. The lowest BCUT2D eigenvalue weighted by Gasteiger charge is -2.33. The maximum Gasteiger partial charge on any atom is 0.263 e. The summed E-state index contributed by atoms with van der Waals surface area (Å²) in [6.07, 6.45) is 9.39. The Morgan fingerprint density at radius 1 is 1.20 bits per heavy atom. The molecule has 3 heterocycles. The maximum absolute atomic E-state index is 12.8. The lowest BCUT2D eigenvalue weighted by atomic mass is 9.93. The summed E-state index contributed by atoms with van der Waals surface area (Å²) in [7, 11) is 0.